The van der Waals surface area contributed by atoms with E-state index in [1.165, 1.54) is 0 Å². The van der Waals surface area contributed by atoms with Crippen molar-refractivity contribution in [1.29, 1.82) is 0 Å². The first-order valence-electron chi connectivity index (χ1n) is 3.79. The molecule has 11 heavy (non-hydrogen) atoms. The van der Waals surface area contributed by atoms with E-state index in [0.29, 0.717) is 0 Å². The van der Waals surface area contributed by atoms with Gasteiger partial charge in [0.1, 0.15) is 12.4 Å². The highest BCUT2D eigenvalue weighted by atomic mass is 16.5. The maximum Gasteiger partial charge on any atom is 0.149 e. The summed E-state index contributed by atoms with van der Waals surface area (Å²) in [6, 6.07) is 0. The summed E-state index contributed by atoms with van der Waals surface area (Å²) >= 11 is 0. The minimum absolute atomic E-state index is 0.0882. The Labute approximate surface area is 66.5 Å². The van der Waals surface area contributed by atoms with Crippen molar-refractivity contribution in [2.24, 2.45) is 0 Å². The van der Waals surface area contributed by atoms with Gasteiger partial charge in [-0.3, -0.25) is 4.79 Å². The van der Waals surface area contributed by atoms with Gasteiger partial charge in [0.15, 0.2) is 0 Å². The monoisotopic (exact) mass is 152 g/mol. The van der Waals surface area contributed by atoms with Gasteiger partial charge in [0, 0.05) is 5.57 Å². The maximum absolute atomic E-state index is 10.4. The molecule has 60 valence electrons. The van der Waals surface area contributed by atoms with E-state index >= 15 is 0 Å². The number of hydrogen-bond donors (Lipinski definition) is 0. The normalized spacial score (nSPS) is 24.5. The summed E-state index contributed by atoms with van der Waals surface area (Å²) in [5.41, 5.74) is 0.737. The molecule has 0 N–H and O–H groups in total. The van der Waals surface area contributed by atoms with E-state index in [0.717, 1.165) is 24.7 Å². The molecule has 1 aliphatic heterocycles. The fourth-order valence-electron chi connectivity index (χ4n) is 0.924. The molecule has 0 amide bonds. The van der Waals surface area contributed by atoms with Crippen molar-refractivity contribution < 1.29 is 9.53 Å². The van der Waals surface area contributed by atoms with E-state index in [2.05, 4.69) is 0 Å². The number of hydrogen-bond acceptors (Lipinski definition) is 2. The summed E-state index contributed by atoms with van der Waals surface area (Å²) in [5, 5.41) is 0. The maximum atomic E-state index is 10.4. The van der Waals surface area contributed by atoms with Crippen LogP contribution < -0.4 is 0 Å². The van der Waals surface area contributed by atoms with E-state index in [1.807, 2.05) is 19.1 Å². The van der Waals surface area contributed by atoms with Crippen LogP contribution in [0.1, 0.15) is 19.8 Å². The Morgan fingerprint density at radius 3 is 3.27 bits per heavy atom. The Hall–Kier alpha value is -1.05. The second kappa shape index (κ2) is 3.96. The molecule has 2 heteroatoms. The fraction of sp³-hybridized carbons (Fsp3) is 0.444. The molecule has 0 unspecified atom stereocenters. The zero-order chi connectivity index (χ0) is 8.10. The number of carbonyl (C=O) groups is 1. The van der Waals surface area contributed by atoms with Crippen LogP contribution in [-0.2, 0) is 9.53 Å². The van der Waals surface area contributed by atoms with Crippen LogP contribution in [0.2, 0.25) is 0 Å². The second-order valence-electron chi connectivity index (χ2n) is 2.62. The van der Waals surface area contributed by atoms with Crippen LogP contribution in [0.5, 0.6) is 0 Å². The molecule has 0 saturated carbocycles. The molecule has 1 heterocycles. The SMILES string of the molecule is C[C@@H]1C=CCCC(C=O)=CO1. The fourth-order valence-corrected chi connectivity index (χ4v) is 0.924. The van der Waals surface area contributed by atoms with Crippen molar-refractivity contribution >= 4 is 6.29 Å². The molecule has 0 aromatic rings. The van der Waals surface area contributed by atoms with Crippen molar-refractivity contribution in [3.8, 4) is 0 Å². The summed E-state index contributed by atoms with van der Waals surface area (Å²) in [7, 11) is 0. The van der Waals surface area contributed by atoms with Crippen LogP contribution in [-0.4, -0.2) is 12.4 Å². The van der Waals surface area contributed by atoms with Crippen molar-refractivity contribution in [3.63, 3.8) is 0 Å². The lowest BCUT2D eigenvalue weighted by Gasteiger charge is -2.09. The molecule has 0 spiro atoms. The molecule has 0 bridgehead atoms. The van der Waals surface area contributed by atoms with Crippen LogP contribution in [0.3, 0.4) is 0 Å². The molecular weight excluding hydrogens is 140 g/mol. The zero-order valence-corrected chi connectivity index (χ0v) is 6.62. The Bertz CT molecular complexity index is 192. The minimum Gasteiger partial charge on any atom is -0.494 e. The molecule has 0 radical (unpaired) electrons. The average Bonchev–Trinajstić information content (AvgIpc) is 1.98. The van der Waals surface area contributed by atoms with Gasteiger partial charge in [-0.2, -0.15) is 0 Å². The number of ether oxygens (including phenoxy) is 1. The van der Waals surface area contributed by atoms with Crippen molar-refractivity contribution in [2.75, 3.05) is 0 Å². The summed E-state index contributed by atoms with van der Waals surface area (Å²) in [6.45, 7) is 1.95. The first-order valence-corrected chi connectivity index (χ1v) is 3.79. The summed E-state index contributed by atoms with van der Waals surface area (Å²) in [5.74, 6) is 0. The molecule has 2 nitrogen and oxygen atoms in total. The highest BCUT2D eigenvalue weighted by Crippen LogP contribution is 2.09. The highest BCUT2D eigenvalue weighted by molar-refractivity contribution is 5.72. The van der Waals surface area contributed by atoms with Gasteiger partial charge < -0.3 is 4.74 Å². The molecule has 0 aromatic heterocycles. The summed E-state index contributed by atoms with van der Waals surface area (Å²) in [6.07, 6.45) is 8.25. The first-order chi connectivity index (χ1) is 5.33. The third-order valence-corrected chi connectivity index (χ3v) is 1.59. The van der Waals surface area contributed by atoms with Crippen LogP contribution >= 0.6 is 0 Å². The third-order valence-electron chi connectivity index (χ3n) is 1.59. The largest absolute Gasteiger partial charge is 0.494 e. The molecule has 0 fully saturated rings. The second-order valence-corrected chi connectivity index (χ2v) is 2.62. The molecule has 1 rings (SSSR count). The van der Waals surface area contributed by atoms with Gasteiger partial charge in [-0.05, 0) is 25.8 Å². The Balaban J connectivity index is 2.58. The van der Waals surface area contributed by atoms with E-state index < -0.39 is 0 Å². The van der Waals surface area contributed by atoms with Gasteiger partial charge >= 0.3 is 0 Å². The van der Waals surface area contributed by atoms with E-state index in [9.17, 15) is 4.79 Å². The standard InChI is InChI=1S/C9H12O2/c1-8-4-2-3-5-9(6-10)7-11-8/h2,4,6-8H,3,5H2,1H3/t8-/m1/s1. The summed E-state index contributed by atoms with van der Waals surface area (Å²) < 4.78 is 5.21. The van der Waals surface area contributed by atoms with Gasteiger partial charge in [-0.15, -0.1) is 0 Å². The van der Waals surface area contributed by atoms with Crippen LogP contribution in [0.15, 0.2) is 24.0 Å². The van der Waals surface area contributed by atoms with E-state index in [4.69, 9.17) is 4.74 Å². The predicted octanol–water partition coefficient (Wildman–Crippen LogP) is 1.82. The van der Waals surface area contributed by atoms with Crippen LogP contribution in [0.4, 0.5) is 0 Å². The zero-order valence-electron chi connectivity index (χ0n) is 6.62. The molecule has 1 aliphatic rings. The number of rotatable bonds is 1. The Morgan fingerprint density at radius 2 is 2.55 bits per heavy atom. The number of aldehydes is 1. The van der Waals surface area contributed by atoms with E-state index in [1.54, 1.807) is 6.26 Å². The predicted molar refractivity (Wildman–Crippen MR) is 43.1 cm³/mol. The topological polar surface area (TPSA) is 26.3 Å². The lowest BCUT2D eigenvalue weighted by Crippen LogP contribution is -2.02. The number of carbonyl (C=O) groups excluding carboxylic acids is 1. The smallest absolute Gasteiger partial charge is 0.149 e. The van der Waals surface area contributed by atoms with Gasteiger partial charge in [0.05, 0.1) is 6.26 Å². The Morgan fingerprint density at radius 1 is 1.73 bits per heavy atom. The third kappa shape index (κ3) is 2.58. The molecule has 0 saturated heterocycles. The number of allylic oxidation sites excluding steroid dienone is 2. The highest BCUT2D eigenvalue weighted by Gasteiger charge is 2.00. The van der Waals surface area contributed by atoms with Gasteiger partial charge in [0.2, 0.25) is 0 Å². The van der Waals surface area contributed by atoms with Crippen molar-refractivity contribution in [3.05, 3.63) is 24.0 Å². The average molecular weight is 152 g/mol. The molecular formula is C9H12O2. The van der Waals surface area contributed by atoms with Gasteiger partial charge in [0.25, 0.3) is 0 Å². The molecule has 1 atom stereocenters. The summed E-state index contributed by atoms with van der Waals surface area (Å²) in [4.78, 5) is 10.4. The van der Waals surface area contributed by atoms with Gasteiger partial charge in [-0.1, -0.05) is 6.08 Å². The van der Waals surface area contributed by atoms with Crippen LogP contribution in [0, 0.1) is 0 Å². The minimum atomic E-state index is 0.0882. The van der Waals surface area contributed by atoms with Gasteiger partial charge in [-0.25, -0.2) is 0 Å². The Kier molecular flexibility index (Phi) is 2.90. The van der Waals surface area contributed by atoms with Crippen LogP contribution in [0.25, 0.3) is 0 Å². The first kappa shape index (κ1) is 8.05. The van der Waals surface area contributed by atoms with Crippen molar-refractivity contribution in [2.45, 2.75) is 25.9 Å². The quantitative estimate of drug-likeness (QED) is 0.423. The van der Waals surface area contributed by atoms with E-state index in [-0.39, 0.29) is 6.10 Å². The molecule has 0 aromatic carbocycles. The lowest BCUT2D eigenvalue weighted by atomic mass is 10.1. The lowest BCUT2D eigenvalue weighted by molar-refractivity contribution is -0.105. The molecule has 0 aliphatic carbocycles. The van der Waals surface area contributed by atoms with Crippen molar-refractivity contribution in [1.82, 2.24) is 0 Å².